The van der Waals surface area contributed by atoms with Crippen molar-refractivity contribution in [3.63, 3.8) is 0 Å². The molecule has 0 aromatic heterocycles. The molecule has 0 bridgehead atoms. The van der Waals surface area contributed by atoms with E-state index >= 15 is 0 Å². The fourth-order valence-electron chi connectivity index (χ4n) is 2.36. The summed E-state index contributed by atoms with van der Waals surface area (Å²) >= 11 is 0. The van der Waals surface area contributed by atoms with E-state index in [2.05, 4.69) is 0 Å². The van der Waals surface area contributed by atoms with Gasteiger partial charge < -0.3 is 24.4 Å². The first-order valence-electron chi connectivity index (χ1n) is 6.38. The van der Waals surface area contributed by atoms with Gasteiger partial charge in [-0.1, -0.05) is 0 Å². The zero-order valence-corrected chi connectivity index (χ0v) is 10.4. The molecule has 2 aliphatic heterocycles. The van der Waals surface area contributed by atoms with E-state index in [4.69, 9.17) is 14.2 Å². The maximum Gasteiger partial charge on any atom is 0.158 e. The molecule has 0 spiro atoms. The third-order valence-corrected chi connectivity index (χ3v) is 3.53. The van der Waals surface area contributed by atoms with E-state index < -0.39 is 12.4 Å². The highest BCUT2D eigenvalue weighted by molar-refractivity contribution is 4.76. The van der Waals surface area contributed by atoms with Crippen molar-refractivity contribution >= 4 is 0 Å². The average Bonchev–Trinajstić information content (AvgIpc) is 2.27. The smallest absolute Gasteiger partial charge is 0.158 e. The molecule has 0 aromatic carbocycles. The van der Waals surface area contributed by atoms with Crippen molar-refractivity contribution in [3.8, 4) is 0 Å². The third kappa shape index (κ3) is 3.39. The molecule has 0 amide bonds. The Morgan fingerprint density at radius 1 is 0.941 bits per heavy atom. The van der Waals surface area contributed by atoms with Gasteiger partial charge in [0.25, 0.3) is 0 Å². The van der Waals surface area contributed by atoms with Crippen LogP contribution in [0.3, 0.4) is 0 Å². The highest BCUT2D eigenvalue weighted by Gasteiger charge is 2.33. The van der Waals surface area contributed by atoms with Crippen molar-refractivity contribution in [2.24, 2.45) is 0 Å². The van der Waals surface area contributed by atoms with Crippen LogP contribution in [0.15, 0.2) is 0 Å². The van der Waals surface area contributed by atoms with Crippen LogP contribution in [0.1, 0.15) is 39.5 Å². The first kappa shape index (κ1) is 13.2. The molecule has 0 saturated carbocycles. The van der Waals surface area contributed by atoms with Crippen molar-refractivity contribution in [2.45, 2.75) is 76.5 Å². The van der Waals surface area contributed by atoms with E-state index in [1.807, 2.05) is 13.8 Å². The topological polar surface area (TPSA) is 68.2 Å². The highest BCUT2D eigenvalue weighted by atomic mass is 16.7. The average molecular weight is 246 g/mol. The Hall–Kier alpha value is -0.200. The van der Waals surface area contributed by atoms with Crippen LogP contribution in [0.4, 0.5) is 0 Å². The van der Waals surface area contributed by atoms with Crippen molar-refractivity contribution in [1.29, 1.82) is 0 Å². The molecule has 0 aromatic rings. The number of aliphatic hydroxyl groups excluding tert-OH is 2. The lowest BCUT2D eigenvalue weighted by molar-refractivity contribution is -0.274. The van der Waals surface area contributed by atoms with E-state index in [1.165, 1.54) is 0 Å². The fourth-order valence-corrected chi connectivity index (χ4v) is 2.36. The number of hydrogen-bond acceptors (Lipinski definition) is 5. The van der Waals surface area contributed by atoms with Crippen LogP contribution in [0.5, 0.6) is 0 Å². The van der Waals surface area contributed by atoms with E-state index in [1.54, 1.807) is 0 Å². The van der Waals surface area contributed by atoms with Crippen molar-refractivity contribution in [3.05, 3.63) is 0 Å². The van der Waals surface area contributed by atoms with Crippen LogP contribution < -0.4 is 0 Å². The molecule has 2 heterocycles. The molecule has 2 aliphatic rings. The van der Waals surface area contributed by atoms with Gasteiger partial charge in [0.2, 0.25) is 0 Å². The molecule has 6 atom stereocenters. The van der Waals surface area contributed by atoms with Crippen molar-refractivity contribution in [1.82, 2.24) is 0 Å². The van der Waals surface area contributed by atoms with Gasteiger partial charge >= 0.3 is 0 Å². The van der Waals surface area contributed by atoms with Gasteiger partial charge in [0.15, 0.2) is 12.6 Å². The predicted octanol–water partition coefficient (Wildman–Crippen LogP) is 0.775. The Labute approximate surface area is 102 Å². The van der Waals surface area contributed by atoms with Gasteiger partial charge in [-0.25, -0.2) is 0 Å². The Bertz CT molecular complexity index is 247. The predicted molar refractivity (Wildman–Crippen MR) is 60.2 cm³/mol. The number of aliphatic hydroxyl groups is 2. The first-order chi connectivity index (χ1) is 8.06. The Morgan fingerprint density at radius 2 is 1.71 bits per heavy atom. The largest absolute Gasteiger partial charge is 0.390 e. The van der Waals surface area contributed by atoms with Crippen LogP contribution in [0.2, 0.25) is 0 Å². The van der Waals surface area contributed by atoms with E-state index in [0.29, 0.717) is 19.3 Å². The number of ether oxygens (including phenoxy) is 3. The minimum absolute atomic E-state index is 0.0363. The van der Waals surface area contributed by atoms with Gasteiger partial charge in [-0.2, -0.15) is 0 Å². The van der Waals surface area contributed by atoms with Gasteiger partial charge in [0.1, 0.15) is 0 Å². The van der Waals surface area contributed by atoms with Gasteiger partial charge in [-0.15, -0.1) is 0 Å². The summed E-state index contributed by atoms with van der Waals surface area (Å²) in [6.07, 6.45) is 1.12. The summed E-state index contributed by atoms with van der Waals surface area (Å²) in [4.78, 5) is 0. The van der Waals surface area contributed by atoms with Crippen molar-refractivity contribution < 1.29 is 24.4 Å². The molecule has 0 aliphatic carbocycles. The summed E-state index contributed by atoms with van der Waals surface area (Å²) in [5, 5.41) is 18.9. The minimum atomic E-state index is -0.669. The Balaban J connectivity index is 1.81. The summed E-state index contributed by atoms with van der Waals surface area (Å²) < 4.78 is 16.7. The lowest BCUT2D eigenvalue weighted by Gasteiger charge is -2.38. The molecular weight excluding hydrogens is 224 g/mol. The lowest BCUT2D eigenvalue weighted by atomic mass is 10.0. The van der Waals surface area contributed by atoms with Gasteiger partial charge in [0.05, 0.1) is 24.4 Å². The molecular formula is C12H22O5. The van der Waals surface area contributed by atoms with E-state index in [-0.39, 0.29) is 24.6 Å². The molecule has 2 saturated heterocycles. The van der Waals surface area contributed by atoms with Gasteiger partial charge in [-0.3, -0.25) is 0 Å². The van der Waals surface area contributed by atoms with Crippen LogP contribution in [0, 0.1) is 0 Å². The highest BCUT2D eigenvalue weighted by Crippen LogP contribution is 2.26. The van der Waals surface area contributed by atoms with E-state index in [0.717, 1.165) is 6.42 Å². The summed E-state index contributed by atoms with van der Waals surface area (Å²) in [6.45, 7) is 3.75. The standard InChI is InChI=1S/C12H22O5/c1-7-9(13)3-6-12(16-7)17-10-4-5-11(14)15-8(10)2/h7-14H,3-6H2,1-2H3. The second-order valence-electron chi connectivity index (χ2n) is 4.96. The van der Waals surface area contributed by atoms with Crippen molar-refractivity contribution in [2.75, 3.05) is 0 Å². The molecule has 2 fully saturated rings. The van der Waals surface area contributed by atoms with Gasteiger partial charge in [0, 0.05) is 12.8 Å². The van der Waals surface area contributed by atoms with Crippen LogP contribution in [-0.2, 0) is 14.2 Å². The summed E-state index contributed by atoms with van der Waals surface area (Å²) in [5.41, 5.74) is 0. The molecule has 2 N–H and O–H groups in total. The summed E-state index contributed by atoms with van der Waals surface area (Å²) in [5.74, 6) is 0. The molecule has 0 radical (unpaired) electrons. The monoisotopic (exact) mass is 246 g/mol. The molecule has 2 rings (SSSR count). The maximum absolute atomic E-state index is 9.55. The minimum Gasteiger partial charge on any atom is -0.390 e. The first-order valence-corrected chi connectivity index (χ1v) is 6.38. The van der Waals surface area contributed by atoms with E-state index in [9.17, 15) is 10.2 Å². The molecule has 5 nitrogen and oxygen atoms in total. The molecule has 5 heteroatoms. The van der Waals surface area contributed by atoms with Gasteiger partial charge in [-0.05, 0) is 26.7 Å². The number of hydrogen-bond donors (Lipinski definition) is 2. The Kier molecular flexibility index (Phi) is 4.38. The van der Waals surface area contributed by atoms with Crippen LogP contribution in [-0.4, -0.2) is 47.2 Å². The zero-order valence-electron chi connectivity index (χ0n) is 10.4. The zero-order chi connectivity index (χ0) is 12.4. The van der Waals surface area contributed by atoms with Crippen LogP contribution >= 0.6 is 0 Å². The molecule has 6 unspecified atom stereocenters. The Morgan fingerprint density at radius 3 is 2.35 bits per heavy atom. The third-order valence-electron chi connectivity index (χ3n) is 3.53. The fraction of sp³-hybridized carbons (Fsp3) is 1.00. The normalized spacial score (nSPS) is 48.0. The van der Waals surface area contributed by atoms with Crippen LogP contribution in [0.25, 0.3) is 0 Å². The maximum atomic E-state index is 9.55. The number of rotatable bonds is 2. The SMILES string of the molecule is CC1OC(OC2CCC(O)OC2C)CCC1O. The summed E-state index contributed by atoms with van der Waals surface area (Å²) in [6, 6.07) is 0. The lowest BCUT2D eigenvalue weighted by Crippen LogP contribution is -2.44. The molecule has 100 valence electrons. The summed E-state index contributed by atoms with van der Waals surface area (Å²) in [7, 11) is 0. The molecule has 17 heavy (non-hydrogen) atoms. The quantitative estimate of drug-likeness (QED) is 0.753. The second kappa shape index (κ2) is 5.63. The second-order valence-corrected chi connectivity index (χ2v) is 4.96.